The van der Waals surface area contributed by atoms with Crippen molar-refractivity contribution in [3.8, 4) is 0 Å². The third-order valence-electron chi connectivity index (χ3n) is 2.19. The Morgan fingerprint density at radius 1 is 1.15 bits per heavy atom. The van der Waals surface area contributed by atoms with Gasteiger partial charge in [0.15, 0.2) is 15.5 Å². The zero-order chi connectivity index (χ0) is 15.7. The molecule has 108 valence electrons. The number of nitro groups is 2. The second kappa shape index (κ2) is 5.21. The smallest absolute Gasteiger partial charge is 0.301 e. The van der Waals surface area contributed by atoms with Gasteiger partial charge in [-0.2, -0.15) is 0 Å². The molecule has 1 N–H and O–H groups in total. The lowest BCUT2D eigenvalue weighted by molar-refractivity contribution is -0.392. The lowest BCUT2D eigenvalue weighted by Crippen LogP contribution is -2.11. The van der Waals surface area contributed by atoms with E-state index in [9.17, 15) is 33.4 Å². The van der Waals surface area contributed by atoms with Crippen LogP contribution < -0.4 is 5.32 Å². The number of nitrogens with zero attached hydrogens (tertiary/aromatic N) is 2. The van der Waals surface area contributed by atoms with Crippen LogP contribution in [0.2, 0.25) is 0 Å². The van der Waals surface area contributed by atoms with Gasteiger partial charge in [0.05, 0.1) is 14.7 Å². The van der Waals surface area contributed by atoms with E-state index >= 15 is 0 Å². The summed E-state index contributed by atoms with van der Waals surface area (Å²) in [6, 6.07) is 1.32. The summed E-state index contributed by atoms with van der Waals surface area (Å²) in [5.41, 5.74) is -2.38. The molecule has 0 aliphatic heterocycles. The zero-order valence-electron chi connectivity index (χ0n) is 10.3. The molecule has 0 atom stereocenters. The van der Waals surface area contributed by atoms with Gasteiger partial charge in [0, 0.05) is 25.3 Å². The summed E-state index contributed by atoms with van der Waals surface area (Å²) in [4.78, 5) is 30.2. The third-order valence-corrected chi connectivity index (χ3v) is 3.28. The molecule has 0 aromatic heterocycles. The monoisotopic (exact) mass is 303 g/mol. The second-order valence-electron chi connectivity index (χ2n) is 3.80. The number of carbonyl (C=O) groups excluding carboxylic acids is 1. The van der Waals surface area contributed by atoms with E-state index in [0.717, 1.165) is 13.2 Å². The van der Waals surface area contributed by atoms with Crippen molar-refractivity contribution in [1.29, 1.82) is 0 Å². The predicted octanol–water partition coefficient (Wildman–Crippen LogP) is 0.865. The van der Waals surface area contributed by atoms with Crippen molar-refractivity contribution >= 4 is 32.8 Å². The van der Waals surface area contributed by atoms with Crippen LogP contribution in [0.1, 0.15) is 6.92 Å². The number of sulfone groups is 1. The number of nitrogens with one attached hydrogen (secondary N) is 1. The average Bonchev–Trinajstić information content (AvgIpc) is 2.25. The summed E-state index contributed by atoms with van der Waals surface area (Å²) in [5.74, 6) is -0.761. The van der Waals surface area contributed by atoms with Crippen LogP contribution in [0.25, 0.3) is 0 Å². The Balaban J connectivity index is 3.77. The van der Waals surface area contributed by atoms with E-state index in [-0.39, 0.29) is 0 Å². The minimum absolute atomic E-state index is 0.579. The van der Waals surface area contributed by atoms with E-state index in [2.05, 4.69) is 0 Å². The van der Waals surface area contributed by atoms with Gasteiger partial charge in [0.2, 0.25) is 5.91 Å². The van der Waals surface area contributed by atoms with Gasteiger partial charge in [-0.3, -0.25) is 25.0 Å². The van der Waals surface area contributed by atoms with Crippen LogP contribution in [-0.2, 0) is 14.6 Å². The molecule has 0 saturated heterocycles. The number of benzene rings is 1. The highest BCUT2D eigenvalue weighted by Gasteiger charge is 2.29. The van der Waals surface area contributed by atoms with E-state index in [0.29, 0.717) is 12.1 Å². The summed E-state index contributed by atoms with van der Waals surface area (Å²) in [5, 5.41) is 23.8. The fraction of sp³-hybridized carbons (Fsp3) is 0.222. The maximum absolute atomic E-state index is 11.4. The summed E-state index contributed by atoms with van der Waals surface area (Å²) in [6.45, 7) is 1.01. The summed E-state index contributed by atoms with van der Waals surface area (Å²) >= 11 is 0. The number of rotatable bonds is 4. The van der Waals surface area contributed by atoms with E-state index < -0.39 is 47.5 Å². The molecule has 1 rings (SSSR count). The van der Waals surface area contributed by atoms with Crippen LogP contribution in [0.3, 0.4) is 0 Å². The number of anilines is 1. The Morgan fingerprint density at radius 2 is 1.55 bits per heavy atom. The largest absolute Gasteiger partial charge is 0.315 e. The van der Waals surface area contributed by atoms with Crippen molar-refractivity contribution in [2.75, 3.05) is 11.6 Å². The summed E-state index contributed by atoms with van der Waals surface area (Å²) in [6.07, 6.45) is 0.758. The van der Waals surface area contributed by atoms with Crippen LogP contribution in [-0.4, -0.2) is 30.4 Å². The van der Waals surface area contributed by atoms with Gasteiger partial charge in [-0.05, 0) is 0 Å². The van der Waals surface area contributed by atoms with Gasteiger partial charge >= 0.3 is 11.4 Å². The molecule has 0 aliphatic rings. The van der Waals surface area contributed by atoms with E-state index in [4.69, 9.17) is 0 Å². The molecule has 1 aromatic rings. The van der Waals surface area contributed by atoms with Gasteiger partial charge in [-0.15, -0.1) is 0 Å². The average molecular weight is 303 g/mol. The van der Waals surface area contributed by atoms with Gasteiger partial charge < -0.3 is 5.32 Å². The lowest BCUT2D eigenvalue weighted by Gasteiger charge is -2.06. The van der Waals surface area contributed by atoms with E-state index in [1.807, 2.05) is 5.32 Å². The maximum Gasteiger partial charge on any atom is 0.301 e. The van der Waals surface area contributed by atoms with Crippen LogP contribution in [0.4, 0.5) is 17.1 Å². The highest BCUT2D eigenvalue weighted by Crippen LogP contribution is 2.37. The minimum atomic E-state index is -3.88. The molecule has 0 bridgehead atoms. The van der Waals surface area contributed by atoms with Crippen molar-refractivity contribution in [2.45, 2.75) is 11.8 Å². The van der Waals surface area contributed by atoms with Crippen LogP contribution >= 0.6 is 0 Å². The van der Waals surface area contributed by atoms with Crippen molar-refractivity contribution < 1.29 is 23.1 Å². The molecule has 1 aromatic carbocycles. The maximum atomic E-state index is 11.4. The Hall–Kier alpha value is -2.56. The quantitative estimate of drug-likeness (QED) is 0.640. The molecule has 0 saturated carbocycles. The molecule has 10 nitrogen and oxygen atoms in total. The number of hydrogen-bond acceptors (Lipinski definition) is 7. The molecular formula is C9H9N3O7S. The minimum Gasteiger partial charge on any atom is -0.315 e. The summed E-state index contributed by atoms with van der Waals surface area (Å²) in [7, 11) is -3.88. The molecule has 0 aliphatic carbocycles. The first-order valence-electron chi connectivity index (χ1n) is 4.98. The van der Waals surface area contributed by atoms with Crippen molar-refractivity contribution in [3.63, 3.8) is 0 Å². The van der Waals surface area contributed by atoms with E-state index in [1.54, 1.807) is 0 Å². The fourth-order valence-electron chi connectivity index (χ4n) is 1.39. The first-order chi connectivity index (χ1) is 9.04. The topological polar surface area (TPSA) is 150 Å². The van der Waals surface area contributed by atoms with Gasteiger partial charge in [-0.25, -0.2) is 8.42 Å². The van der Waals surface area contributed by atoms with Crippen molar-refractivity contribution in [2.24, 2.45) is 0 Å². The number of carbonyl (C=O) groups is 1. The molecule has 0 heterocycles. The standard InChI is InChI=1S/C9H9N3O7S/c1-5(13)10-9-7(11(14)15)3-6(20(2,18)19)4-8(9)12(16)17/h3-4H,1-2H3,(H,10,13). The first kappa shape index (κ1) is 15.5. The Bertz CT molecular complexity index is 675. The van der Waals surface area contributed by atoms with Crippen molar-refractivity contribution in [1.82, 2.24) is 0 Å². The van der Waals surface area contributed by atoms with Crippen molar-refractivity contribution in [3.05, 3.63) is 32.4 Å². The molecule has 0 spiro atoms. The van der Waals surface area contributed by atoms with E-state index in [1.165, 1.54) is 0 Å². The Morgan fingerprint density at radius 3 is 1.80 bits per heavy atom. The Kier molecular flexibility index (Phi) is 4.03. The van der Waals surface area contributed by atoms with Crippen LogP contribution in [0.15, 0.2) is 17.0 Å². The van der Waals surface area contributed by atoms with Gasteiger partial charge in [0.25, 0.3) is 0 Å². The zero-order valence-corrected chi connectivity index (χ0v) is 11.1. The van der Waals surface area contributed by atoms with Crippen LogP contribution in [0, 0.1) is 20.2 Å². The number of amides is 1. The van der Waals surface area contributed by atoms with Gasteiger partial charge in [-0.1, -0.05) is 0 Å². The predicted molar refractivity (Wildman–Crippen MR) is 67.2 cm³/mol. The SMILES string of the molecule is CC(=O)Nc1c([N+](=O)[O-])cc(S(C)(=O)=O)cc1[N+](=O)[O-]. The number of nitro benzene ring substituents is 2. The molecule has 11 heteroatoms. The molecular weight excluding hydrogens is 294 g/mol. The molecule has 0 fully saturated rings. The first-order valence-corrected chi connectivity index (χ1v) is 6.87. The normalized spacial score (nSPS) is 10.9. The Labute approximate surface area is 112 Å². The molecule has 0 unspecified atom stereocenters. The third kappa shape index (κ3) is 3.26. The highest BCUT2D eigenvalue weighted by atomic mass is 32.2. The fourth-order valence-corrected chi connectivity index (χ4v) is 2.04. The molecule has 0 radical (unpaired) electrons. The van der Waals surface area contributed by atoms with Crippen LogP contribution in [0.5, 0.6) is 0 Å². The molecule has 20 heavy (non-hydrogen) atoms. The molecule has 1 amide bonds. The number of hydrogen-bond donors (Lipinski definition) is 1. The lowest BCUT2D eigenvalue weighted by atomic mass is 10.2. The second-order valence-corrected chi connectivity index (χ2v) is 5.82. The summed E-state index contributed by atoms with van der Waals surface area (Å²) < 4.78 is 22.8. The van der Waals surface area contributed by atoms with Gasteiger partial charge in [0.1, 0.15) is 0 Å². The highest BCUT2D eigenvalue weighted by molar-refractivity contribution is 7.90.